The molecule has 4 aromatic carbocycles. The summed E-state index contributed by atoms with van der Waals surface area (Å²) in [5.41, 5.74) is 10.2. The Morgan fingerprint density at radius 3 is 2.17 bits per heavy atom. The van der Waals surface area contributed by atoms with Crippen LogP contribution in [0.2, 0.25) is 19.6 Å². The van der Waals surface area contributed by atoms with Crippen LogP contribution in [0.3, 0.4) is 0 Å². The molecule has 0 unspecified atom stereocenters. The summed E-state index contributed by atoms with van der Waals surface area (Å²) in [6.07, 6.45) is 2.20. The van der Waals surface area contributed by atoms with E-state index in [9.17, 15) is 0 Å². The average molecular weight is 896 g/mol. The zero-order valence-corrected chi connectivity index (χ0v) is 36.0. The van der Waals surface area contributed by atoms with Crippen molar-refractivity contribution in [3.8, 4) is 33.6 Å². The van der Waals surface area contributed by atoms with Gasteiger partial charge in [-0.25, -0.2) is 0 Å². The predicted octanol–water partition coefficient (Wildman–Crippen LogP) is 12.8. The van der Waals surface area contributed by atoms with Crippen LogP contribution in [-0.2, 0) is 31.9 Å². The second-order valence-electron chi connectivity index (χ2n) is 16.1. The SMILES string of the molecule is [2H]C(C)(C)c1cc(-c2[c-]cccc2)ncc1[Si](C)(C)C.[2H]C([2H])(c1ccnc(-c2[c-]ccc3c2oc2cc(-c4ccc(C(C)(C)C)cc4)ccc23)c1)C(C)C.[Ir]. The monoisotopic (exact) mass is 896 g/mol. The quantitative estimate of drug-likeness (QED) is 0.118. The smallest absolute Gasteiger partial charge is 0.121 e. The van der Waals surface area contributed by atoms with Gasteiger partial charge in [0, 0.05) is 42.0 Å². The average Bonchev–Trinajstić information content (AvgIpc) is 3.52. The molecule has 3 nitrogen and oxygen atoms in total. The molecule has 0 saturated heterocycles. The van der Waals surface area contributed by atoms with Crippen molar-refractivity contribution in [1.82, 2.24) is 9.97 Å². The van der Waals surface area contributed by atoms with E-state index in [0.717, 1.165) is 55.4 Å². The Morgan fingerprint density at radius 2 is 1.53 bits per heavy atom. The van der Waals surface area contributed by atoms with Gasteiger partial charge in [0.1, 0.15) is 5.58 Å². The van der Waals surface area contributed by atoms with E-state index in [0.29, 0.717) is 11.3 Å². The standard InChI is InChI=1S/C31H30NO.C17H22NSi.Ir/c1-20(2)17-21-15-16-32-28(18-21)27-8-6-7-26-25-14-11-23(19-29(25)33-30(26)27)22-9-12-24(13-10-22)31(3,4)5;1-13(2)15-11-16(14-9-7-6-8-10-14)18-12-17(15)19(3,4)5;/h6-7,9-16,18-20H,17H2,1-5H3;6-9,11-13H,1-5H3;/q2*-1;/i17D2;13D;. The zero-order chi connectivity index (χ0) is 39.9. The first kappa shape index (κ1) is 35.9. The summed E-state index contributed by atoms with van der Waals surface area (Å²) in [5.74, 6) is -0.762. The van der Waals surface area contributed by atoms with E-state index in [4.69, 9.17) is 8.53 Å². The van der Waals surface area contributed by atoms with Crippen molar-refractivity contribution < 1.29 is 28.6 Å². The molecule has 7 aromatic rings. The molecule has 3 aromatic heterocycles. The molecule has 0 atom stereocenters. The van der Waals surface area contributed by atoms with Crippen molar-refractivity contribution in [2.75, 3.05) is 0 Å². The molecule has 0 spiro atoms. The summed E-state index contributed by atoms with van der Waals surface area (Å²) in [6, 6.07) is 39.0. The molecule has 0 fully saturated rings. The third kappa shape index (κ3) is 9.33. The molecule has 7 rings (SSSR count). The van der Waals surface area contributed by atoms with Crippen LogP contribution in [0.25, 0.3) is 55.6 Å². The van der Waals surface area contributed by atoms with Crippen LogP contribution < -0.4 is 5.19 Å². The van der Waals surface area contributed by atoms with Gasteiger partial charge in [-0.2, -0.15) is 0 Å². The number of aromatic nitrogens is 2. The van der Waals surface area contributed by atoms with E-state index in [1.807, 2.05) is 76.4 Å². The zero-order valence-electron chi connectivity index (χ0n) is 35.6. The Balaban J connectivity index is 0.000000244. The third-order valence-corrected chi connectivity index (χ3v) is 11.2. The predicted molar refractivity (Wildman–Crippen MR) is 224 cm³/mol. The van der Waals surface area contributed by atoms with E-state index < -0.39 is 20.3 Å². The fourth-order valence-corrected chi connectivity index (χ4v) is 8.01. The van der Waals surface area contributed by atoms with Crippen molar-refractivity contribution in [3.63, 3.8) is 0 Å². The molecule has 0 amide bonds. The number of hydrogen-bond acceptors (Lipinski definition) is 3. The van der Waals surface area contributed by atoms with E-state index in [1.165, 1.54) is 10.8 Å². The van der Waals surface area contributed by atoms with Gasteiger partial charge in [0.15, 0.2) is 0 Å². The number of benzene rings is 4. The molecular weight excluding hydrogens is 841 g/mol. The molecule has 0 aliphatic heterocycles. The minimum atomic E-state index is -1.50. The summed E-state index contributed by atoms with van der Waals surface area (Å²) in [5, 5.41) is 3.32. The number of pyridine rings is 2. The maximum atomic E-state index is 8.49. The van der Waals surface area contributed by atoms with Crippen molar-refractivity contribution in [2.24, 2.45) is 5.92 Å². The summed E-state index contributed by atoms with van der Waals surface area (Å²) < 4.78 is 31.8. The van der Waals surface area contributed by atoms with Gasteiger partial charge in [0.2, 0.25) is 0 Å². The minimum absolute atomic E-state index is 0. The first-order valence-electron chi connectivity index (χ1n) is 19.7. The summed E-state index contributed by atoms with van der Waals surface area (Å²) >= 11 is 0. The van der Waals surface area contributed by atoms with Crippen LogP contribution in [0.4, 0.5) is 0 Å². The second kappa shape index (κ2) is 16.5. The Hall–Kier alpha value is -4.15. The summed E-state index contributed by atoms with van der Waals surface area (Å²) in [4.78, 5) is 9.15. The summed E-state index contributed by atoms with van der Waals surface area (Å²) in [6.45, 7) is 21.2. The fourth-order valence-electron chi connectivity index (χ4n) is 6.43. The van der Waals surface area contributed by atoms with Crippen LogP contribution in [0, 0.1) is 18.1 Å². The van der Waals surface area contributed by atoms with Gasteiger partial charge in [-0.3, -0.25) is 0 Å². The van der Waals surface area contributed by atoms with Gasteiger partial charge in [-0.1, -0.05) is 139 Å². The number of hydrogen-bond donors (Lipinski definition) is 0. The van der Waals surface area contributed by atoms with Crippen LogP contribution in [0.15, 0.2) is 114 Å². The maximum absolute atomic E-state index is 8.49. The fraction of sp³-hybridized carbons (Fsp3) is 0.292. The van der Waals surface area contributed by atoms with Crippen molar-refractivity contribution >= 4 is 35.2 Å². The largest absolute Gasteiger partial charge is 0.501 e. The Kier molecular flexibility index (Phi) is 11.1. The van der Waals surface area contributed by atoms with Crippen LogP contribution >= 0.6 is 0 Å². The first-order chi connectivity index (χ1) is 25.7. The number of rotatable bonds is 7. The van der Waals surface area contributed by atoms with Crippen molar-refractivity contribution in [2.45, 2.75) is 85.8 Å². The van der Waals surface area contributed by atoms with Crippen LogP contribution in [-0.4, -0.2) is 18.0 Å². The van der Waals surface area contributed by atoms with E-state index in [-0.39, 0.29) is 31.4 Å². The maximum Gasteiger partial charge on any atom is 0.121 e. The number of nitrogens with zero attached hydrogens (tertiary/aromatic N) is 2. The molecule has 0 aliphatic carbocycles. The molecular formula is C48H52IrN2OSi-2. The first-order valence-corrected chi connectivity index (χ1v) is 21.7. The molecule has 0 saturated carbocycles. The van der Waals surface area contributed by atoms with Gasteiger partial charge in [-0.05, 0) is 69.0 Å². The summed E-state index contributed by atoms with van der Waals surface area (Å²) in [7, 11) is -1.50. The van der Waals surface area contributed by atoms with E-state index in [1.54, 1.807) is 12.3 Å². The molecule has 0 aliphatic rings. The number of fused-ring (bicyclic) bond motifs is 3. The molecule has 5 heteroatoms. The van der Waals surface area contributed by atoms with Crippen LogP contribution in [0.5, 0.6) is 0 Å². The molecule has 53 heavy (non-hydrogen) atoms. The van der Waals surface area contributed by atoms with E-state index in [2.05, 4.69) is 111 Å². The topological polar surface area (TPSA) is 38.9 Å². The van der Waals surface area contributed by atoms with Gasteiger partial charge in [0.05, 0.1) is 13.7 Å². The Bertz CT molecular complexity index is 2440. The second-order valence-corrected chi connectivity index (χ2v) is 21.1. The molecule has 3 heterocycles. The Morgan fingerprint density at radius 1 is 0.792 bits per heavy atom. The Labute approximate surface area is 335 Å². The van der Waals surface area contributed by atoms with Gasteiger partial charge in [-0.15, -0.1) is 54.1 Å². The molecule has 0 bridgehead atoms. The molecule has 1 radical (unpaired) electrons. The minimum Gasteiger partial charge on any atom is -0.501 e. The number of furan rings is 1. The normalized spacial score (nSPS) is 13.2. The van der Waals surface area contributed by atoms with Crippen LogP contribution in [0.1, 0.15) is 75.2 Å². The van der Waals surface area contributed by atoms with E-state index >= 15 is 0 Å². The van der Waals surface area contributed by atoms with Crippen molar-refractivity contribution in [1.29, 1.82) is 0 Å². The van der Waals surface area contributed by atoms with Gasteiger partial charge >= 0.3 is 0 Å². The van der Waals surface area contributed by atoms with Crippen molar-refractivity contribution in [3.05, 3.63) is 138 Å². The molecule has 0 N–H and O–H groups in total. The third-order valence-electron chi connectivity index (χ3n) is 9.22. The van der Waals surface area contributed by atoms with Gasteiger partial charge in [0.25, 0.3) is 0 Å². The molecule has 275 valence electrons. The van der Waals surface area contributed by atoms with Gasteiger partial charge < -0.3 is 14.4 Å².